The molecule has 0 spiro atoms. The molecule has 3 nitrogen and oxygen atoms in total. The number of rotatable bonds is 4. The van der Waals surface area contributed by atoms with E-state index >= 15 is 0 Å². The lowest BCUT2D eigenvalue weighted by Crippen LogP contribution is -2.12. The highest BCUT2D eigenvalue weighted by Crippen LogP contribution is 2.23. The third kappa shape index (κ3) is 2.83. The molecule has 0 atom stereocenters. The zero-order valence-electron chi connectivity index (χ0n) is 7.37. The molecule has 0 heterocycles. The molecule has 0 aliphatic rings. The molecule has 0 saturated heterocycles. The van der Waals surface area contributed by atoms with E-state index in [1.54, 1.807) is 18.2 Å². The van der Waals surface area contributed by atoms with Gasteiger partial charge in [0, 0.05) is 5.02 Å². The molecule has 0 aliphatic carbocycles. The van der Waals surface area contributed by atoms with Gasteiger partial charge in [0.1, 0.15) is 17.3 Å². The Bertz CT molecular complexity index is 344. The molecular formula is C9H10ClNO2S. The molecular weight excluding hydrogens is 222 g/mol. The van der Waals surface area contributed by atoms with Crippen molar-refractivity contribution in [3.63, 3.8) is 0 Å². The highest BCUT2D eigenvalue weighted by atomic mass is 35.5. The van der Waals surface area contributed by atoms with E-state index in [1.807, 2.05) is 0 Å². The van der Waals surface area contributed by atoms with Crippen molar-refractivity contribution in [3.05, 3.63) is 28.8 Å². The number of hydrogen-bond acceptors (Lipinski definition) is 3. The van der Waals surface area contributed by atoms with E-state index < -0.39 is 0 Å². The van der Waals surface area contributed by atoms with Crippen LogP contribution in [0.5, 0.6) is 5.75 Å². The number of nitrogens with two attached hydrogens (primary N) is 1. The quantitative estimate of drug-likeness (QED) is 0.768. The van der Waals surface area contributed by atoms with Crippen molar-refractivity contribution >= 4 is 28.8 Å². The Morgan fingerprint density at radius 2 is 2.29 bits per heavy atom. The van der Waals surface area contributed by atoms with E-state index in [0.717, 1.165) is 0 Å². The smallest absolute Gasteiger partial charge is 0.131 e. The lowest BCUT2D eigenvalue weighted by molar-refractivity contribution is 0.201. The number of aliphatic hydroxyl groups is 1. The second-order valence-corrected chi connectivity index (χ2v) is 3.45. The van der Waals surface area contributed by atoms with Gasteiger partial charge in [0.15, 0.2) is 0 Å². The number of hydrogen-bond donors (Lipinski definition) is 2. The Kier molecular flexibility index (Phi) is 4.13. The van der Waals surface area contributed by atoms with Gasteiger partial charge >= 0.3 is 0 Å². The van der Waals surface area contributed by atoms with Crippen LogP contribution in [0.4, 0.5) is 0 Å². The average Bonchev–Trinajstić information content (AvgIpc) is 2.14. The molecule has 0 saturated carbocycles. The van der Waals surface area contributed by atoms with E-state index in [-0.39, 0.29) is 18.2 Å². The van der Waals surface area contributed by atoms with Gasteiger partial charge in [0.25, 0.3) is 0 Å². The summed E-state index contributed by atoms with van der Waals surface area (Å²) in [5.74, 6) is 0.499. The van der Waals surface area contributed by atoms with Crippen molar-refractivity contribution in [1.29, 1.82) is 0 Å². The Labute approximate surface area is 92.4 Å². The fourth-order valence-electron chi connectivity index (χ4n) is 0.975. The Morgan fingerprint density at radius 3 is 2.86 bits per heavy atom. The van der Waals surface area contributed by atoms with Crippen LogP contribution in [0.2, 0.25) is 5.02 Å². The van der Waals surface area contributed by atoms with Gasteiger partial charge in [0.05, 0.1) is 12.2 Å². The normalized spacial score (nSPS) is 9.86. The van der Waals surface area contributed by atoms with Crippen molar-refractivity contribution in [2.75, 3.05) is 13.2 Å². The molecule has 0 unspecified atom stereocenters. The summed E-state index contributed by atoms with van der Waals surface area (Å²) in [4.78, 5) is 0.245. The zero-order valence-corrected chi connectivity index (χ0v) is 8.94. The monoisotopic (exact) mass is 231 g/mol. The molecule has 14 heavy (non-hydrogen) atoms. The van der Waals surface area contributed by atoms with E-state index in [9.17, 15) is 0 Å². The van der Waals surface area contributed by atoms with Crippen molar-refractivity contribution in [2.45, 2.75) is 0 Å². The molecule has 5 heteroatoms. The van der Waals surface area contributed by atoms with Crippen LogP contribution in [0.25, 0.3) is 0 Å². The third-order valence-corrected chi connectivity index (χ3v) is 2.01. The second kappa shape index (κ2) is 5.14. The lowest BCUT2D eigenvalue weighted by Gasteiger charge is -2.09. The first-order valence-corrected chi connectivity index (χ1v) is 4.77. The molecule has 0 fully saturated rings. The lowest BCUT2D eigenvalue weighted by atomic mass is 10.2. The fraction of sp³-hybridized carbons (Fsp3) is 0.222. The highest BCUT2D eigenvalue weighted by molar-refractivity contribution is 7.80. The molecule has 0 radical (unpaired) electrons. The molecule has 76 valence electrons. The molecule has 3 N–H and O–H groups in total. The first-order valence-electron chi connectivity index (χ1n) is 3.98. The van der Waals surface area contributed by atoms with Gasteiger partial charge in [0.2, 0.25) is 0 Å². The minimum atomic E-state index is -0.0662. The van der Waals surface area contributed by atoms with Crippen LogP contribution in [0.15, 0.2) is 18.2 Å². The van der Waals surface area contributed by atoms with Gasteiger partial charge < -0.3 is 15.6 Å². The number of thiocarbonyl (C=S) groups is 1. The van der Waals surface area contributed by atoms with Gasteiger partial charge in [-0.2, -0.15) is 0 Å². The maximum absolute atomic E-state index is 8.60. The molecule has 1 aromatic rings. The summed E-state index contributed by atoms with van der Waals surface area (Å²) >= 11 is 10.6. The largest absolute Gasteiger partial charge is 0.490 e. The summed E-state index contributed by atoms with van der Waals surface area (Å²) in [6.07, 6.45) is 0. The Morgan fingerprint density at radius 1 is 1.57 bits per heavy atom. The number of ether oxygens (including phenoxy) is 1. The van der Waals surface area contributed by atoms with Crippen LogP contribution in [-0.4, -0.2) is 23.3 Å². The van der Waals surface area contributed by atoms with Crippen LogP contribution in [0, 0.1) is 0 Å². The predicted molar refractivity (Wildman–Crippen MR) is 59.9 cm³/mol. The van der Waals surface area contributed by atoms with Crippen molar-refractivity contribution in [1.82, 2.24) is 0 Å². The van der Waals surface area contributed by atoms with Gasteiger partial charge in [-0.05, 0) is 18.2 Å². The van der Waals surface area contributed by atoms with Crippen molar-refractivity contribution in [2.24, 2.45) is 5.73 Å². The van der Waals surface area contributed by atoms with E-state index in [0.29, 0.717) is 16.3 Å². The molecule has 0 aromatic heterocycles. The molecule has 0 bridgehead atoms. The van der Waals surface area contributed by atoms with Crippen LogP contribution in [0.3, 0.4) is 0 Å². The number of aliphatic hydroxyl groups excluding tert-OH is 1. The maximum atomic E-state index is 8.60. The third-order valence-electron chi connectivity index (χ3n) is 1.56. The maximum Gasteiger partial charge on any atom is 0.131 e. The summed E-state index contributed by atoms with van der Waals surface area (Å²) in [5.41, 5.74) is 6.11. The van der Waals surface area contributed by atoms with E-state index in [2.05, 4.69) is 0 Å². The van der Waals surface area contributed by atoms with E-state index in [4.69, 9.17) is 39.4 Å². The first kappa shape index (κ1) is 11.2. The van der Waals surface area contributed by atoms with Gasteiger partial charge in [-0.25, -0.2) is 0 Å². The summed E-state index contributed by atoms with van der Waals surface area (Å²) in [6.45, 7) is 0.124. The number of halogens is 1. The highest BCUT2D eigenvalue weighted by Gasteiger charge is 2.06. The van der Waals surface area contributed by atoms with Gasteiger partial charge in [-0.15, -0.1) is 0 Å². The number of benzene rings is 1. The minimum Gasteiger partial charge on any atom is -0.490 e. The first-order chi connectivity index (χ1) is 6.65. The molecule has 1 rings (SSSR count). The van der Waals surface area contributed by atoms with Crippen molar-refractivity contribution < 1.29 is 9.84 Å². The topological polar surface area (TPSA) is 55.5 Å². The molecule has 1 aromatic carbocycles. The van der Waals surface area contributed by atoms with Crippen LogP contribution in [-0.2, 0) is 0 Å². The SMILES string of the molecule is NC(=S)c1ccc(Cl)cc1OCCO. The zero-order chi connectivity index (χ0) is 10.6. The minimum absolute atomic E-state index is 0.0662. The van der Waals surface area contributed by atoms with Crippen LogP contribution in [0.1, 0.15) is 5.56 Å². The summed E-state index contributed by atoms with van der Waals surface area (Å²) in [5, 5.41) is 9.14. The summed E-state index contributed by atoms with van der Waals surface area (Å²) < 4.78 is 5.23. The molecule has 0 aliphatic heterocycles. The van der Waals surface area contributed by atoms with Crippen molar-refractivity contribution in [3.8, 4) is 5.75 Å². The van der Waals surface area contributed by atoms with E-state index in [1.165, 1.54) is 0 Å². The van der Waals surface area contributed by atoms with Crippen LogP contribution >= 0.6 is 23.8 Å². The standard InChI is InChI=1S/C9H10ClNO2S/c10-6-1-2-7(9(11)14)8(5-6)13-4-3-12/h1-2,5,12H,3-4H2,(H2,11,14). The second-order valence-electron chi connectivity index (χ2n) is 2.58. The Hall–Kier alpha value is -0.840. The summed E-state index contributed by atoms with van der Waals surface area (Å²) in [6, 6.07) is 4.99. The fourth-order valence-corrected chi connectivity index (χ4v) is 1.31. The predicted octanol–water partition coefficient (Wildman–Crippen LogP) is 1.35. The van der Waals surface area contributed by atoms with Gasteiger partial charge in [-0.1, -0.05) is 23.8 Å². The summed E-state index contributed by atoms with van der Waals surface area (Å²) in [7, 11) is 0. The Balaban J connectivity index is 2.97. The van der Waals surface area contributed by atoms with Gasteiger partial charge in [-0.3, -0.25) is 0 Å². The van der Waals surface area contributed by atoms with Crippen LogP contribution < -0.4 is 10.5 Å². The molecule has 0 amide bonds. The average molecular weight is 232 g/mol.